The van der Waals surface area contributed by atoms with Crippen molar-refractivity contribution in [1.82, 2.24) is 25.6 Å². The Morgan fingerprint density at radius 2 is 1.93 bits per heavy atom. The molecule has 28 heavy (non-hydrogen) atoms. The number of hydrogen-bond donors (Lipinski definition) is 3. The van der Waals surface area contributed by atoms with Crippen molar-refractivity contribution in [2.24, 2.45) is 5.14 Å². The fourth-order valence-electron chi connectivity index (χ4n) is 3.32. The van der Waals surface area contributed by atoms with Gasteiger partial charge in [-0.2, -0.15) is 5.21 Å². The molecule has 0 amide bonds. The molecule has 2 heterocycles. The van der Waals surface area contributed by atoms with E-state index in [4.69, 9.17) is 5.14 Å². The van der Waals surface area contributed by atoms with Crippen molar-refractivity contribution in [3.05, 3.63) is 54.2 Å². The van der Waals surface area contributed by atoms with Gasteiger partial charge in [0.15, 0.2) is 0 Å². The Kier molecular flexibility index (Phi) is 4.59. The van der Waals surface area contributed by atoms with Gasteiger partial charge in [0.2, 0.25) is 15.8 Å². The zero-order chi connectivity index (χ0) is 19.7. The van der Waals surface area contributed by atoms with Gasteiger partial charge in [-0.25, -0.2) is 13.6 Å². The van der Waals surface area contributed by atoms with E-state index in [2.05, 4.69) is 25.6 Å². The molecular weight excluding hydrogens is 380 g/mol. The third kappa shape index (κ3) is 3.13. The van der Waals surface area contributed by atoms with Crippen LogP contribution in [0.3, 0.4) is 0 Å². The Bertz CT molecular complexity index is 1250. The number of aromatic amines is 1. The Balaban J connectivity index is 2.14. The number of hydrogen-bond acceptors (Lipinski definition) is 7. The van der Waals surface area contributed by atoms with Gasteiger partial charge >= 0.3 is 0 Å². The minimum atomic E-state index is -4.14. The van der Waals surface area contributed by atoms with Gasteiger partial charge in [-0.3, -0.25) is 4.98 Å². The van der Waals surface area contributed by atoms with Crippen LogP contribution in [-0.2, 0) is 16.4 Å². The summed E-state index contributed by atoms with van der Waals surface area (Å²) in [6.07, 6.45) is 1.81. The molecule has 4 N–H and O–H groups in total. The van der Waals surface area contributed by atoms with E-state index >= 15 is 0 Å². The number of sulfonamides is 1. The summed E-state index contributed by atoms with van der Waals surface area (Å²) in [5, 5.41) is 29.6. The van der Waals surface area contributed by atoms with Crippen LogP contribution in [0, 0.1) is 0 Å². The Morgan fingerprint density at radius 1 is 1.07 bits per heavy atom. The lowest BCUT2D eigenvalue weighted by Gasteiger charge is -2.16. The molecule has 0 aliphatic carbocycles. The number of pyridine rings is 1. The lowest BCUT2D eigenvalue weighted by molar-refractivity contribution is 0.299. The predicted molar refractivity (Wildman–Crippen MR) is 103 cm³/mol. The molecule has 9 nitrogen and oxygen atoms in total. The van der Waals surface area contributed by atoms with Crippen LogP contribution in [0.25, 0.3) is 33.4 Å². The van der Waals surface area contributed by atoms with Crippen molar-refractivity contribution in [2.45, 2.75) is 11.3 Å². The van der Waals surface area contributed by atoms with Crippen molar-refractivity contribution in [3.8, 4) is 22.5 Å². The average molecular weight is 396 g/mol. The molecule has 0 bridgehead atoms. The number of aliphatic hydroxyl groups excluding tert-OH is 1. The highest BCUT2D eigenvalue weighted by Gasteiger charge is 2.26. The number of aliphatic hydroxyl groups is 1. The molecule has 0 aliphatic heterocycles. The molecule has 0 fully saturated rings. The monoisotopic (exact) mass is 396 g/mol. The third-order valence-corrected chi connectivity index (χ3v) is 5.45. The standard InChI is InChI=1S/C18H16N6O3S/c19-28(26,27)17-11(8-10-25)6-7-14(16(17)18-21-23-24-22-18)12-3-1-5-15-13(12)4-2-9-20-15/h1-7,9,25H,8,10H2,(H2,19,26,27)(H,21,22,23,24). The van der Waals surface area contributed by atoms with Gasteiger partial charge in [-0.05, 0) is 40.5 Å². The number of fused-ring (bicyclic) bond motifs is 1. The smallest absolute Gasteiger partial charge is 0.239 e. The van der Waals surface area contributed by atoms with Gasteiger partial charge in [0.1, 0.15) is 0 Å². The molecule has 0 unspecified atom stereocenters. The largest absolute Gasteiger partial charge is 0.396 e. The van der Waals surface area contributed by atoms with Crippen molar-refractivity contribution in [3.63, 3.8) is 0 Å². The van der Waals surface area contributed by atoms with E-state index in [1.54, 1.807) is 24.4 Å². The fraction of sp³-hybridized carbons (Fsp3) is 0.111. The van der Waals surface area contributed by atoms with Crippen LogP contribution >= 0.6 is 0 Å². The maximum Gasteiger partial charge on any atom is 0.239 e. The molecule has 0 saturated heterocycles. The molecule has 0 aliphatic rings. The Hall–Kier alpha value is -3.21. The normalized spacial score (nSPS) is 11.8. The summed E-state index contributed by atoms with van der Waals surface area (Å²) in [4.78, 5) is 4.23. The average Bonchev–Trinajstić information content (AvgIpc) is 3.21. The van der Waals surface area contributed by atoms with E-state index in [1.807, 2.05) is 24.3 Å². The lowest BCUT2D eigenvalue weighted by Crippen LogP contribution is -2.17. The van der Waals surface area contributed by atoms with E-state index in [-0.39, 0.29) is 29.3 Å². The second kappa shape index (κ2) is 7.08. The molecule has 2 aromatic carbocycles. The van der Waals surface area contributed by atoms with Gasteiger partial charge in [-0.15, -0.1) is 10.2 Å². The molecular formula is C18H16N6O3S. The third-order valence-electron chi connectivity index (χ3n) is 4.41. The van der Waals surface area contributed by atoms with Crippen LogP contribution in [0.15, 0.2) is 53.6 Å². The van der Waals surface area contributed by atoms with E-state index in [0.717, 1.165) is 16.5 Å². The van der Waals surface area contributed by atoms with E-state index in [0.29, 0.717) is 11.1 Å². The van der Waals surface area contributed by atoms with E-state index < -0.39 is 10.0 Å². The van der Waals surface area contributed by atoms with Gasteiger partial charge < -0.3 is 5.11 Å². The van der Waals surface area contributed by atoms with Crippen molar-refractivity contribution >= 4 is 20.9 Å². The summed E-state index contributed by atoms with van der Waals surface area (Å²) >= 11 is 0. The summed E-state index contributed by atoms with van der Waals surface area (Å²) in [7, 11) is -4.14. The molecule has 0 atom stereocenters. The highest BCUT2D eigenvalue weighted by Crippen LogP contribution is 2.39. The van der Waals surface area contributed by atoms with E-state index in [1.165, 1.54) is 0 Å². The second-order valence-corrected chi connectivity index (χ2v) is 7.60. The molecule has 4 rings (SSSR count). The van der Waals surface area contributed by atoms with Gasteiger partial charge in [0, 0.05) is 18.2 Å². The van der Waals surface area contributed by atoms with Crippen LogP contribution in [0.2, 0.25) is 0 Å². The molecule has 10 heteroatoms. The SMILES string of the molecule is NS(=O)(=O)c1c(CCO)ccc(-c2cccc3ncccc23)c1-c1nn[nH]n1. The number of nitrogens with one attached hydrogen (secondary N) is 1. The summed E-state index contributed by atoms with van der Waals surface area (Å²) < 4.78 is 25.0. The first-order valence-corrected chi connectivity index (χ1v) is 9.93. The van der Waals surface area contributed by atoms with Crippen molar-refractivity contribution in [2.75, 3.05) is 6.61 Å². The van der Waals surface area contributed by atoms with Gasteiger partial charge in [0.25, 0.3) is 0 Å². The van der Waals surface area contributed by atoms with E-state index in [9.17, 15) is 13.5 Å². The highest BCUT2D eigenvalue weighted by atomic mass is 32.2. The van der Waals surface area contributed by atoms with Gasteiger partial charge in [0.05, 0.1) is 16.0 Å². The van der Waals surface area contributed by atoms with Crippen LogP contribution < -0.4 is 5.14 Å². The number of nitrogens with two attached hydrogens (primary N) is 1. The zero-order valence-corrected chi connectivity index (χ0v) is 15.4. The number of benzene rings is 2. The number of aromatic nitrogens is 5. The Labute approximate surface area is 160 Å². The maximum absolute atomic E-state index is 12.5. The van der Waals surface area contributed by atoms with Crippen LogP contribution in [0.5, 0.6) is 0 Å². The summed E-state index contributed by atoms with van der Waals surface area (Å²) in [5.74, 6) is 0.0970. The summed E-state index contributed by atoms with van der Waals surface area (Å²) in [6, 6.07) is 12.7. The summed E-state index contributed by atoms with van der Waals surface area (Å²) in [6.45, 7) is -0.230. The fourth-order valence-corrected chi connectivity index (χ4v) is 4.34. The Morgan fingerprint density at radius 3 is 2.64 bits per heavy atom. The number of rotatable bonds is 5. The number of H-pyrrole nitrogens is 1. The second-order valence-electron chi connectivity index (χ2n) is 6.11. The molecule has 0 spiro atoms. The molecule has 0 saturated carbocycles. The first-order valence-electron chi connectivity index (χ1n) is 8.38. The minimum absolute atomic E-state index is 0.0970. The van der Waals surface area contributed by atoms with Crippen molar-refractivity contribution < 1.29 is 13.5 Å². The first kappa shape index (κ1) is 18.2. The van der Waals surface area contributed by atoms with Gasteiger partial charge in [-0.1, -0.05) is 30.3 Å². The van der Waals surface area contributed by atoms with Crippen LogP contribution in [-0.4, -0.2) is 45.7 Å². The topological polar surface area (TPSA) is 148 Å². The lowest BCUT2D eigenvalue weighted by atomic mass is 9.93. The quantitative estimate of drug-likeness (QED) is 0.460. The number of primary sulfonamides is 1. The molecule has 0 radical (unpaired) electrons. The number of nitrogens with zero attached hydrogens (tertiary/aromatic N) is 4. The minimum Gasteiger partial charge on any atom is -0.396 e. The first-order chi connectivity index (χ1) is 13.5. The predicted octanol–water partition coefficient (Wildman–Crippen LogP) is 1.26. The maximum atomic E-state index is 12.5. The molecule has 4 aromatic rings. The molecule has 142 valence electrons. The van der Waals surface area contributed by atoms with Crippen LogP contribution in [0.1, 0.15) is 5.56 Å². The van der Waals surface area contributed by atoms with Crippen molar-refractivity contribution in [1.29, 1.82) is 0 Å². The molecule has 2 aromatic heterocycles. The zero-order valence-electron chi connectivity index (χ0n) is 14.6. The highest BCUT2D eigenvalue weighted by molar-refractivity contribution is 7.89. The summed E-state index contributed by atoms with van der Waals surface area (Å²) in [5.41, 5.74) is 2.71. The van der Waals surface area contributed by atoms with Crippen LogP contribution in [0.4, 0.5) is 0 Å². The number of tetrazole rings is 1.